The molecule has 4 rings (SSSR count). The van der Waals surface area contributed by atoms with Gasteiger partial charge in [0.15, 0.2) is 0 Å². The minimum atomic E-state index is -4.43. The molecule has 0 saturated carbocycles. The summed E-state index contributed by atoms with van der Waals surface area (Å²) in [7, 11) is 0. The van der Waals surface area contributed by atoms with Crippen molar-refractivity contribution in [2.45, 2.75) is 19.0 Å². The Morgan fingerprint density at radius 2 is 1.79 bits per heavy atom. The number of allylic oxidation sites excluding steroid dienone is 1. The fourth-order valence-electron chi connectivity index (χ4n) is 3.54. The first-order chi connectivity index (χ1) is 15.6. The van der Waals surface area contributed by atoms with Crippen LogP contribution in [0.25, 0.3) is 17.0 Å². The lowest BCUT2D eigenvalue weighted by Gasteiger charge is -2.11. The summed E-state index contributed by atoms with van der Waals surface area (Å²) in [5.41, 5.74) is 2.84. The van der Waals surface area contributed by atoms with E-state index >= 15 is 0 Å². The number of carboxylic acids is 1. The van der Waals surface area contributed by atoms with Gasteiger partial charge < -0.3 is 10.4 Å². The molecule has 2 N–H and O–H groups in total. The molecule has 5 nitrogen and oxygen atoms in total. The normalized spacial score (nSPS) is 12.8. The van der Waals surface area contributed by atoms with Gasteiger partial charge in [-0.3, -0.25) is 9.78 Å². The maximum atomic E-state index is 12.7. The summed E-state index contributed by atoms with van der Waals surface area (Å²) in [5, 5.41) is 12.3. The van der Waals surface area contributed by atoms with Gasteiger partial charge in [-0.05, 0) is 48.0 Å². The van der Waals surface area contributed by atoms with Crippen LogP contribution in [0, 0.1) is 0 Å². The van der Waals surface area contributed by atoms with Gasteiger partial charge in [-0.15, -0.1) is 0 Å². The van der Waals surface area contributed by atoms with Crippen LogP contribution < -0.4 is 5.32 Å². The standard InChI is InChI=1S/C24H16ClF3N2O3/c25-17-11-14(10-15(12-17)23(32)33)19-6-5-18-20(29-19)7-8-21(18)30-22(31)9-13-1-3-16(4-2-13)24(26,27)28/h1-6,8,10-12H,7,9H2,(H,30,31)(H,32,33). The second kappa shape index (κ2) is 8.71. The number of nitrogens with one attached hydrogen (secondary N) is 1. The number of nitrogens with zero attached hydrogens (tertiary/aromatic N) is 1. The van der Waals surface area contributed by atoms with Crippen molar-refractivity contribution in [2.24, 2.45) is 0 Å². The summed E-state index contributed by atoms with van der Waals surface area (Å²) in [6.45, 7) is 0. The number of alkyl halides is 3. The van der Waals surface area contributed by atoms with Gasteiger partial charge in [0, 0.05) is 28.3 Å². The molecular formula is C24H16ClF3N2O3. The number of hydrogen-bond donors (Lipinski definition) is 2. The second-order valence-electron chi connectivity index (χ2n) is 7.47. The molecular weight excluding hydrogens is 457 g/mol. The Morgan fingerprint density at radius 1 is 1.06 bits per heavy atom. The van der Waals surface area contributed by atoms with Crippen molar-refractivity contribution in [3.05, 3.63) is 93.6 Å². The lowest BCUT2D eigenvalue weighted by Crippen LogP contribution is -2.23. The summed E-state index contributed by atoms with van der Waals surface area (Å²) in [5.74, 6) is -1.46. The molecule has 0 spiro atoms. The fraction of sp³-hybridized carbons (Fsp3) is 0.125. The molecule has 0 bridgehead atoms. The molecule has 1 aromatic heterocycles. The van der Waals surface area contributed by atoms with Crippen LogP contribution in [-0.4, -0.2) is 22.0 Å². The van der Waals surface area contributed by atoms with E-state index in [1.54, 1.807) is 24.3 Å². The van der Waals surface area contributed by atoms with Gasteiger partial charge in [-0.25, -0.2) is 4.79 Å². The van der Waals surface area contributed by atoms with Gasteiger partial charge in [0.25, 0.3) is 0 Å². The smallest absolute Gasteiger partial charge is 0.416 e. The van der Waals surface area contributed by atoms with E-state index in [9.17, 15) is 27.9 Å². The Balaban J connectivity index is 1.47. The number of aromatic carboxylic acids is 1. The van der Waals surface area contributed by atoms with Crippen LogP contribution in [0.2, 0.25) is 5.02 Å². The van der Waals surface area contributed by atoms with E-state index < -0.39 is 17.7 Å². The average molecular weight is 473 g/mol. The number of rotatable bonds is 5. The Labute approximate surface area is 191 Å². The molecule has 0 radical (unpaired) electrons. The summed E-state index contributed by atoms with van der Waals surface area (Å²) >= 11 is 6.03. The van der Waals surface area contributed by atoms with E-state index in [0.717, 1.165) is 17.7 Å². The predicted molar refractivity (Wildman–Crippen MR) is 117 cm³/mol. The first kappa shape index (κ1) is 22.5. The third-order valence-corrected chi connectivity index (χ3v) is 5.34. The van der Waals surface area contributed by atoms with Crippen molar-refractivity contribution in [3.63, 3.8) is 0 Å². The largest absolute Gasteiger partial charge is 0.478 e. The number of carbonyl (C=O) groups is 2. The lowest BCUT2D eigenvalue weighted by atomic mass is 10.1. The number of halogens is 4. The maximum Gasteiger partial charge on any atom is 0.416 e. The van der Waals surface area contributed by atoms with Gasteiger partial charge in [0.2, 0.25) is 5.91 Å². The average Bonchev–Trinajstić information content (AvgIpc) is 3.14. The lowest BCUT2D eigenvalue weighted by molar-refractivity contribution is -0.137. The minimum absolute atomic E-state index is 0.0501. The maximum absolute atomic E-state index is 12.7. The Bertz CT molecular complexity index is 1290. The quantitative estimate of drug-likeness (QED) is 0.523. The molecule has 3 aromatic rings. The topological polar surface area (TPSA) is 79.3 Å². The molecule has 1 aliphatic rings. The molecule has 0 unspecified atom stereocenters. The molecule has 0 fully saturated rings. The molecule has 168 valence electrons. The number of carbonyl (C=O) groups excluding carboxylic acids is 1. The van der Waals surface area contributed by atoms with Crippen molar-refractivity contribution in [3.8, 4) is 11.3 Å². The van der Waals surface area contributed by atoms with Gasteiger partial charge in [0.1, 0.15) is 0 Å². The van der Waals surface area contributed by atoms with Crippen molar-refractivity contribution in [2.75, 3.05) is 0 Å². The third kappa shape index (κ3) is 5.06. The summed E-state index contributed by atoms with van der Waals surface area (Å²) in [6, 6.07) is 12.4. The van der Waals surface area contributed by atoms with Gasteiger partial charge in [-0.1, -0.05) is 29.8 Å². The van der Waals surface area contributed by atoms with Crippen molar-refractivity contribution >= 4 is 29.2 Å². The van der Waals surface area contributed by atoms with Crippen LogP contribution in [0.5, 0.6) is 0 Å². The number of pyridine rings is 1. The van der Waals surface area contributed by atoms with Crippen LogP contribution >= 0.6 is 11.6 Å². The zero-order valence-electron chi connectivity index (χ0n) is 16.9. The zero-order chi connectivity index (χ0) is 23.8. The van der Waals surface area contributed by atoms with Crippen molar-refractivity contribution < 1.29 is 27.9 Å². The third-order valence-electron chi connectivity index (χ3n) is 5.12. The van der Waals surface area contributed by atoms with E-state index in [4.69, 9.17) is 11.6 Å². The summed E-state index contributed by atoms with van der Waals surface area (Å²) in [4.78, 5) is 28.3. The van der Waals surface area contributed by atoms with E-state index in [0.29, 0.717) is 34.6 Å². The van der Waals surface area contributed by atoms with E-state index in [1.165, 1.54) is 24.3 Å². The first-order valence-electron chi connectivity index (χ1n) is 9.81. The molecule has 0 atom stereocenters. The number of carboxylic acid groups (broad SMARTS) is 1. The number of fused-ring (bicyclic) bond motifs is 1. The van der Waals surface area contributed by atoms with Gasteiger partial charge >= 0.3 is 12.1 Å². The Morgan fingerprint density at radius 3 is 2.45 bits per heavy atom. The number of hydrogen-bond acceptors (Lipinski definition) is 3. The molecule has 2 aromatic carbocycles. The summed E-state index contributed by atoms with van der Waals surface area (Å²) in [6.07, 6.45) is -2.24. The highest BCUT2D eigenvalue weighted by atomic mass is 35.5. The summed E-state index contributed by atoms with van der Waals surface area (Å²) < 4.78 is 38.0. The van der Waals surface area contributed by atoms with Crippen LogP contribution in [0.15, 0.2) is 60.7 Å². The van der Waals surface area contributed by atoms with Crippen LogP contribution in [0.1, 0.15) is 32.7 Å². The number of amides is 1. The Hall–Kier alpha value is -3.65. The Kier molecular flexibility index (Phi) is 5.95. The van der Waals surface area contributed by atoms with Gasteiger partial charge in [-0.2, -0.15) is 13.2 Å². The zero-order valence-corrected chi connectivity index (χ0v) is 17.7. The van der Waals surface area contributed by atoms with Crippen LogP contribution in [0.4, 0.5) is 13.2 Å². The van der Waals surface area contributed by atoms with Crippen LogP contribution in [-0.2, 0) is 23.8 Å². The monoisotopic (exact) mass is 472 g/mol. The first-order valence-corrected chi connectivity index (χ1v) is 10.2. The molecule has 9 heteroatoms. The highest BCUT2D eigenvalue weighted by Crippen LogP contribution is 2.30. The minimum Gasteiger partial charge on any atom is -0.478 e. The van der Waals surface area contributed by atoms with Gasteiger partial charge in [0.05, 0.1) is 28.9 Å². The number of benzene rings is 2. The van der Waals surface area contributed by atoms with Crippen molar-refractivity contribution in [1.29, 1.82) is 0 Å². The molecule has 1 heterocycles. The van der Waals surface area contributed by atoms with E-state index in [1.807, 2.05) is 0 Å². The van der Waals surface area contributed by atoms with E-state index in [2.05, 4.69) is 10.3 Å². The highest BCUT2D eigenvalue weighted by molar-refractivity contribution is 6.31. The molecule has 0 saturated heterocycles. The second-order valence-corrected chi connectivity index (χ2v) is 7.90. The van der Waals surface area contributed by atoms with Crippen LogP contribution in [0.3, 0.4) is 0 Å². The fourth-order valence-corrected chi connectivity index (χ4v) is 3.78. The SMILES string of the molecule is O=C(Cc1ccc(C(F)(F)F)cc1)NC1=CCc2nc(-c3cc(Cl)cc(C(=O)O)c3)ccc21. The molecule has 1 amide bonds. The predicted octanol–water partition coefficient (Wildman–Crippen LogP) is 5.37. The van der Waals surface area contributed by atoms with Crippen molar-refractivity contribution in [1.82, 2.24) is 10.3 Å². The van der Waals surface area contributed by atoms with E-state index in [-0.39, 0.29) is 22.9 Å². The highest BCUT2D eigenvalue weighted by Gasteiger charge is 2.30. The molecule has 1 aliphatic carbocycles. The number of aromatic nitrogens is 1. The molecule has 33 heavy (non-hydrogen) atoms. The molecule has 0 aliphatic heterocycles.